The fourth-order valence-corrected chi connectivity index (χ4v) is 2.24. The first-order valence-corrected chi connectivity index (χ1v) is 10.6. The van der Waals surface area contributed by atoms with Gasteiger partial charge in [-0.2, -0.15) is 0 Å². The lowest BCUT2D eigenvalue weighted by Crippen LogP contribution is -1.79. The fourth-order valence-electron chi connectivity index (χ4n) is 2.24. The van der Waals surface area contributed by atoms with Crippen LogP contribution in [0.1, 0.15) is 23.6 Å². The number of rotatable bonds is 1. The summed E-state index contributed by atoms with van der Waals surface area (Å²) >= 11 is 0. The molecule has 0 radical (unpaired) electrons. The minimum Gasteiger partial charge on any atom is -0.399 e. The van der Waals surface area contributed by atoms with Gasteiger partial charge in [0.25, 0.3) is 0 Å². The van der Waals surface area contributed by atoms with Gasteiger partial charge in [-0.25, -0.2) is 0 Å². The highest BCUT2D eigenvalue weighted by molar-refractivity contribution is 5.35. The minimum atomic E-state index is 0.822. The lowest BCUT2D eigenvalue weighted by Gasteiger charge is -1.89. The molecular weight excluding hydrogens is 376 g/mol. The molecule has 2 heteroatoms. The highest BCUT2D eigenvalue weighted by Crippen LogP contribution is 1.97. The van der Waals surface area contributed by atoms with Crippen LogP contribution in [-0.4, -0.2) is 7.05 Å². The summed E-state index contributed by atoms with van der Waals surface area (Å²) in [5, 5.41) is 0. The van der Waals surface area contributed by atoms with Crippen molar-refractivity contribution in [1.82, 2.24) is 0 Å². The number of benzene rings is 4. The summed E-state index contributed by atoms with van der Waals surface area (Å²) in [6, 6.07) is 40.5. The number of nitrogen functional groups attached to an aromatic ring is 1. The van der Waals surface area contributed by atoms with Gasteiger partial charge in [0.15, 0.2) is 0 Å². The second-order valence-electron chi connectivity index (χ2n) is 6.56. The second kappa shape index (κ2) is 19.9. The van der Waals surface area contributed by atoms with Crippen LogP contribution >= 0.6 is 0 Å². The van der Waals surface area contributed by atoms with E-state index in [1.54, 1.807) is 0 Å². The molecule has 0 fully saturated rings. The maximum absolute atomic E-state index is 5.36. The number of anilines is 1. The van der Waals surface area contributed by atoms with Crippen molar-refractivity contribution < 1.29 is 0 Å². The first kappa shape index (κ1) is 27.6. The molecule has 0 spiro atoms. The molecule has 0 amide bonds. The molecule has 2 nitrogen and oxygen atoms in total. The van der Waals surface area contributed by atoms with Crippen molar-refractivity contribution in [3.63, 3.8) is 0 Å². The highest BCUT2D eigenvalue weighted by Gasteiger charge is 1.80. The van der Waals surface area contributed by atoms with E-state index in [4.69, 9.17) is 5.73 Å². The molecular formula is C29H38N2. The summed E-state index contributed by atoms with van der Waals surface area (Å²) in [6.45, 7) is 6.33. The van der Waals surface area contributed by atoms with Crippen molar-refractivity contribution in [1.29, 1.82) is 0 Å². The molecule has 4 N–H and O–H groups in total. The van der Waals surface area contributed by atoms with Crippen LogP contribution in [-0.2, 0) is 6.42 Å². The Morgan fingerprint density at radius 2 is 0.774 bits per heavy atom. The van der Waals surface area contributed by atoms with Crippen LogP contribution in [0, 0.1) is 13.8 Å². The zero-order valence-corrected chi connectivity index (χ0v) is 19.4. The predicted octanol–water partition coefficient (Wildman–Crippen LogP) is 7.08. The molecule has 0 aliphatic rings. The topological polar surface area (TPSA) is 52.0 Å². The number of nitrogens with two attached hydrogens (primary N) is 2. The Kier molecular flexibility index (Phi) is 17.8. The Morgan fingerprint density at radius 1 is 0.484 bits per heavy atom. The SMILES string of the molecule is CCc1ccccc1.CN.Cc1ccccc1.Cc1ccccc1.Nc1ccccc1. The first-order chi connectivity index (χ1) is 15.1. The molecule has 4 aromatic carbocycles. The molecule has 0 aliphatic carbocycles. The van der Waals surface area contributed by atoms with Gasteiger partial charge in [-0.1, -0.05) is 127 Å². The number of para-hydroxylation sites is 1. The lowest BCUT2D eigenvalue weighted by molar-refractivity contribution is 1.14. The third-order valence-electron chi connectivity index (χ3n) is 3.93. The quantitative estimate of drug-likeness (QED) is 0.327. The van der Waals surface area contributed by atoms with E-state index < -0.39 is 0 Å². The summed E-state index contributed by atoms with van der Waals surface area (Å²) in [4.78, 5) is 0. The third-order valence-corrected chi connectivity index (χ3v) is 3.93. The third kappa shape index (κ3) is 17.2. The minimum absolute atomic E-state index is 0.822. The normalized spacial score (nSPS) is 8.42. The Bertz CT molecular complexity index is 757. The van der Waals surface area contributed by atoms with E-state index in [9.17, 15) is 0 Å². The van der Waals surface area contributed by atoms with Gasteiger partial charge in [0, 0.05) is 5.69 Å². The van der Waals surface area contributed by atoms with Gasteiger partial charge in [-0.15, -0.1) is 0 Å². The molecule has 164 valence electrons. The van der Waals surface area contributed by atoms with Gasteiger partial charge >= 0.3 is 0 Å². The fraction of sp³-hybridized carbons (Fsp3) is 0.172. The molecule has 0 unspecified atom stereocenters. The number of hydrogen-bond donors (Lipinski definition) is 2. The van der Waals surface area contributed by atoms with Crippen LogP contribution in [0.3, 0.4) is 0 Å². The Hall–Kier alpha value is -3.36. The van der Waals surface area contributed by atoms with Crippen molar-refractivity contribution in [3.05, 3.63) is 138 Å². The monoisotopic (exact) mass is 414 g/mol. The molecule has 0 aromatic heterocycles. The average molecular weight is 415 g/mol. The Balaban J connectivity index is 0.000000377. The Morgan fingerprint density at radius 3 is 0.935 bits per heavy atom. The van der Waals surface area contributed by atoms with Gasteiger partial charge in [0.1, 0.15) is 0 Å². The lowest BCUT2D eigenvalue weighted by atomic mass is 10.2. The Labute approximate surface area is 189 Å². The second-order valence-corrected chi connectivity index (χ2v) is 6.56. The first-order valence-electron chi connectivity index (χ1n) is 10.6. The summed E-state index contributed by atoms with van der Waals surface area (Å²) in [5.41, 5.74) is 14.7. The molecule has 0 bridgehead atoms. The molecule has 31 heavy (non-hydrogen) atoms. The van der Waals surface area contributed by atoms with E-state index in [-0.39, 0.29) is 0 Å². The molecule has 0 aliphatic heterocycles. The summed E-state index contributed by atoms with van der Waals surface area (Å²) in [6.07, 6.45) is 1.14. The van der Waals surface area contributed by atoms with Gasteiger partial charge in [0.05, 0.1) is 0 Å². The highest BCUT2D eigenvalue weighted by atomic mass is 14.5. The van der Waals surface area contributed by atoms with Crippen LogP contribution in [0.15, 0.2) is 121 Å². The summed E-state index contributed by atoms with van der Waals surface area (Å²) in [5.74, 6) is 0. The van der Waals surface area contributed by atoms with E-state index in [1.165, 1.54) is 23.7 Å². The van der Waals surface area contributed by atoms with Crippen LogP contribution in [0.25, 0.3) is 0 Å². The zero-order chi connectivity index (χ0) is 23.2. The smallest absolute Gasteiger partial charge is 0.0313 e. The van der Waals surface area contributed by atoms with Crippen LogP contribution in [0.2, 0.25) is 0 Å². The number of hydrogen-bond acceptors (Lipinski definition) is 2. The molecule has 0 heterocycles. The van der Waals surface area contributed by atoms with Crippen LogP contribution in [0.5, 0.6) is 0 Å². The van der Waals surface area contributed by atoms with Crippen LogP contribution in [0.4, 0.5) is 5.69 Å². The molecule has 0 saturated carbocycles. The summed E-state index contributed by atoms with van der Waals surface area (Å²) < 4.78 is 0. The van der Waals surface area contributed by atoms with Crippen molar-refractivity contribution >= 4 is 5.69 Å². The van der Waals surface area contributed by atoms with E-state index in [2.05, 4.69) is 75.0 Å². The zero-order valence-electron chi connectivity index (χ0n) is 19.4. The van der Waals surface area contributed by atoms with Gasteiger partial charge < -0.3 is 11.5 Å². The van der Waals surface area contributed by atoms with Gasteiger partial charge in [-0.3, -0.25) is 0 Å². The van der Waals surface area contributed by atoms with E-state index in [1.807, 2.05) is 72.8 Å². The average Bonchev–Trinajstić information content (AvgIpc) is 2.84. The van der Waals surface area contributed by atoms with Crippen LogP contribution < -0.4 is 11.5 Å². The molecule has 0 saturated heterocycles. The largest absolute Gasteiger partial charge is 0.399 e. The van der Waals surface area contributed by atoms with E-state index in [0.29, 0.717) is 0 Å². The van der Waals surface area contributed by atoms with E-state index >= 15 is 0 Å². The van der Waals surface area contributed by atoms with Gasteiger partial charge in [0.2, 0.25) is 0 Å². The van der Waals surface area contributed by atoms with Crippen molar-refractivity contribution in [2.24, 2.45) is 5.73 Å². The molecule has 4 rings (SSSR count). The standard InChI is InChI=1S/C8H10.2C7H8.C6H7N.CH5N/c1-2-8-6-4-3-5-7-8;2*1-7-5-3-2-4-6-7;7-6-4-2-1-3-5-6;1-2/h3-7H,2H2,1H3;2*2-6H,1H3;1-5H,7H2;2H2,1H3. The maximum Gasteiger partial charge on any atom is 0.0313 e. The van der Waals surface area contributed by atoms with Crippen molar-refractivity contribution in [2.75, 3.05) is 12.8 Å². The van der Waals surface area contributed by atoms with Gasteiger partial charge in [-0.05, 0) is 45.0 Å². The molecule has 4 aromatic rings. The van der Waals surface area contributed by atoms with Crippen molar-refractivity contribution in [3.8, 4) is 0 Å². The summed E-state index contributed by atoms with van der Waals surface area (Å²) in [7, 11) is 1.50. The molecule has 0 atom stereocenters. The maximum atomic E-state index is 5.36. The predicted molar refractivity (Wildman–Crippen MR) is 139 cm³/mol. The van der Waals surface area contributed by atoms with Crippen molar-refractivity contribution in [2.45, 2.75) is 27.2 Å². The van der Waals surface area contributed by atoms with E-state index in [0.717, 1.165) is 12.1 Å². The number of aryl methyl sites for hydroxylation is 3.